The van der Waals surface area contributed by atoms with Crippen molar-refractivity contribution >= 4 is 40.3 Å². The molecule has 37 heavy (non-hydrogen) atoms. The molecule has 0 fully saturated rings. The molecule has 0 spiro atoms. The lowest BCUT2D eigenvalue weighted by Crippen LogP contribution is -2.20. The second-order valence-electron chi connectivity index (χ2n) is 8.45. The number of allylic oxidation sites excluding steroid dienone is 3. The lowest BCUT2D eigenvalue weighted by molar-refractivity contribution is -0.120. The summed E-state index contributed by atoms with van der Waals surface area (Å²) >= 11 is 0. The largest absolute Gasteiger partial charge is 0.337 e. The van der Waals surface area contributed by atoms with Gasteiger partial charge in [0, 0.05) is 18.2 Å². The quantitative estimate of drug-likeness (QED) is 0.197. The Labute approximate surface area is 212 Å². The number of rotatable bonds is 7. The molecule has 0 saturated heterocycles. The molecule has 8 nitrogen and oxygen atoms in total. The van der Waals surface area contributed by atoms with E-state index in [9.17, 15) is 9.18 Å². The van der Waals surface area contributed by atoms with E-state index >= 15 is 0 Å². The number of halogens is 1. The van der Waals surface area contributed by atoms with Crippen LogP contribution in [0.3, 0.4) is 0 Å². The lowest BCUT2D eigenvalue weighted by atomic mass is 10.0. The Bertz CT molecular complexity index is 1690. The number of nitrogens with zero attached hydrogens (tertiary/aromatic N) is 4. The molecule has 1 amide bonds. The highest BCUT2D eigenvalue weighted by Gasteiger charge is 2.16. The first-order chi connectivity index (χ1) is 18.0. The number of carbonyl (C=O) groups is 1. The van der Waals surface area contributed by atoms with Gasteiger partial charge in [0.25, 0.3) is 0 Å². The van der Waals surface area contributed by atoms with Crippen molar-refractivity contribution in [1.82, 2.24) is 30.5 Å². The number of hydrogen-bond donors (Lipinski definition) is 3. The number of para-hydroxylation sites is 1. The van der Waals surface area contributed by atoms with Gasteiger partial charge in [0.15, 0.2) is 11.5 Å². The van der Waals surface area contributed by atoms with Crippen LogP contribution in [0, 0.1) is 5.82 Å². The Morgan fingerprint density at radius 3 is 2.76 bits per heavy atom. The van der Waals surface area contributed by atoms with Crippen molar-refractivity contribution in [2.75, 3.05) is 0 Å². The number of hydrogen-bond acceptors (Lipinski definition) is 5. The highest BCUT2D eigenvalue weighted by Crippen LogP contribution is 2.32. The fraction of sp³-hybridized carbons (Fsp3) is 0.107. The zero-order valence-electron chi connectivity index (χ0n) is 20.3. The Morgan fingerprint density at radius 1 is 1.19 bits per heavy atom. The van der Waals surface area contributed by atoms with Gasteiger partial charge in [0.2, 0.25) is 5.91 Å². The maximum atomic E-state index is 13.4. The number of aliphatic imine (C=N–C) groups is 1. The third-order valence-electron chi connectivity index (χ3n) is 6.02. The van der Waals surface area contributed by atoms with Gasteiger partial charge in [-0.1, -0.05) is 37.3 Å². The maximum Gasteiger partial charge on any atom is 0.225 e. The number of H-pyrrole nitrogens is 2. The number of amides is 1. The molecule has 0 unspecified atom stereocenters. The van der Waals surface area contributed by atoms with Crippen LogP contribution < -0.4 is 5.32 Å². The predicted molar refractivity (Wildman–Crippen MR) is 144 cm³/mol. The molecule has 0 radical (unpaired) electrons. The molecule has 5 rings (SSSR count). The van der Waals surface area contributed by atoms with E-state index in [1.165, 1.54) is 12.1 Å². The van der Waals surface area contributed by atoms with E-state index in [1.807, 2.05) is 37.3 Å². The number of pyridine rings is 1. The molecule has 0 aliphatic carbocycles. The highest BCUT2D eigenvalue weighted by molar-refractivity contribution is 5.97. The average Bonchev–Trinajstić information content (AvgIpc) is 3.54. The van der Waals surface area contributed by atoms with Crippen molar-refractivity contribution in [2.24, 2.45) is 4.99 Å². The van der Waals surface area contributed by atoms with Gasteiger partial charge in [-0.05, 0) is 60.7 Å². The number of imidazole rings is 1. The molecule has 9 heteroatoms. The molecular formula is C28H24FN7O. The van der Waals surface area contributed by atoms with Crippen LogP contribution >= 0.6 is 0 Å². The van der Waals surface area contributed by atoms with Crippen molar-refractivity contribution in [2.45, 2.75) is 20.3 Å². The van der Waals surface area contributed by atoms with Crippen LogP contribution in [0.25, 0.3) is 50.3 Å². The maximum absolute atomic E-state index is 13.4. The minimum absolute atomic E-state index is 0.135. The minimum atomic E-state index is -0.284. The van der Waals surface area contributed by atoms with E-state index in [-0.39, 0.29) is 11.7 Å². The van der Waals surface area contributed by atoms with E-state index in [2.05, 4.69) is 37.2 Å². The summed E-state index contributed by atoms with van der Waals surface area (Å²) in [6, 6.07) is 14.2. The lowest BCUT2D eigenvalue weighted by Gasteiger charge is -2.03. The molecule has 0 aliphatic heterocycles. The van der Waals surface area contributed by atoms with Crippen molar-refractivity contribution in [3.63, 3.8) is 0 Å². The van der Waals surface area contributed by atoms with E-state index in [4.69, 9.17) is 4.98 Å². The third kappa shape index (κ3) is 4.79. The van der Waals surface area contributed by atoms with Crippen LogP contribution in [0.2, 0.25) is 0 Å². The zero-order chi connectivity index (χ0) is 25.9. The number of fused-ring (bicyclic) bond motifs is 2. The Hall–Kier alpha value is -4.92. The van der Waals surface area contributed by atoms with E-state index in [0.717, 1.165) is 38.7 Å². The summed E-state index contributed by atoms with van der Waals surface area (Å²) in [7, 11) is 0. The topological polar surface area (TPSA) is 112 Å². The highest BCUT2D eigenvalue weighted by atomic mass is 19.1. The summed E-state index contributed by atoms with van der Waals surface area (Å²) in [5.41, 5.74) is 6.45. The van der Waals surface area contributed by atoms with Crippen LogP contribution in [0.1, 0.15) is 25.8 Å². The summed E-state index contributed by atoms with van der Waals surface area (Å²) in [5, 5.41) is 10.9. The molecule has 184 valence electrons. The Balaban J connectivity index is 1.53. The summed E-state index contributed by atoms with van der Waals surface area (Å²) < 4.78 is 13.4. The summed E-state index contributed by atoms with van der Waals surface area (Å²) in [5.74, 6) is 0.578. The first-order valence-corrected chi connectivity index (χ1v) is 11.7. The third-order valence-corrected chi connectivity index (χ3v) is 6.02. The number of aromatic nitrogens is 5. The summed E-state index contributed by atoms with van der Waals surface area (Å²) in [6.45, 7) is 7.22. The molecular weight excluding hydrogens is 469 g/mol. The molecule has 2 aromatic carbocycles. The van der Waals surface area contributed by atoms with Crippen LogP contribution in [-0.2, 0) is 4.79 Å². The van der Waals surface area contributed by atoms with E-state index in [0.29, 0.717) is 29.4 Å². The number of aromatic amines is 2. The smallest absolute Gasteiger partial charge is 0.225 e. The summed E-state index contributed by atoms with van der Waals surface area (Å²) in [6.07, 6.45) is 5.64. The molecule has 3 heterocycles. The number of carbonyl (C=O) groups excluding carboxylic acids is 1. The van der Waals surface area contributed by atoms with Crippen LogP contribution in [0.15, 0.2) is 77.7 Å². The average molecular weight is 494 g/mol. The van der Waals surface area contributed by atoms with Crippen molar-refractivity contribution in [3.8, 4) is 22.6 Å². The van der Waals surface area contributed by atoms with Gasteiger partial charge in [-0.15, -0.1) is 0 Å². The van der Waals surface area contributed by atoms with Crippen molar-refractivity contribution in [3.05, 3.63) is 84.1 Å². The summed E-state index contributed by atoms with van der Waals surface area (Å²) in [4.78, 5) is 28.2. The van der Waals surface area contributed by atoms with Gasteiger partial charge < -0.3 is 10.3 Å². The zero-order valence-corrected chi connectivity index (χ0v) is 20.3. The van der Waals surface area contributed by atoms with Gasteiger partial charge in [0.05, 0.1) is 16.4 Å². The fourth-order valence-corrected chi connectivity index (χ4v) is 3.97. The van der Waals surface area contributed by atoms with Crippen molar-refractivity contribution < 1.29 is 9.18 Å². The number of nitrogens with one attached hydrogen (secondary N) is 3. The number of benzene rings is 2. The van der Waals surface area contributed by atoms with Crippen molar-refractivity contribution in [1.29, 1.82) is 0 Å². The van der Waals surface area contributed by atoms with Crippen LogP contribution in [-0.4, -0.2) is 37.8 Å². The molecule has 0 saturated carbocycles. The first-order valence-electron chi connectivity index (χ1n) is 11.7. The molecule has 0 aliphatic rings. The van der Waals surface area contributed by atoms with Gasteiger partial charge >= 0.3 is 0 Å². The van der Waals surface area contributed by atoms with E-state index < -0.39 is 0 Å². The fourth-order valence-electron chi connectivity index (χ4n) is 3.97. The standard InChI is InChI=1S/C28H24FN7O/c1-4-24(37)33-23(30-3)13-8-16(2)18-14-21-26(35-36-27(21)31-15-18)28-32-22-7-5-6-20(25(22)34-28)17-9-11-19(29)12-10-17/h5-15H,3-4H2,1-2H3,(H,32,34)(H,33,37)(H,31,35,36)/b16-8+,23-13+. The molecule has 0 bridgehead atoms. The monoisotopic (exact) mass is 493 g/mol. The molecule has 0 atom stereocenters. The van der Waals surface area contributed by atoms with Gasteiger partial charge in [-0.2, -0.15) is 5.10 Å². The van der Waals surface area contributed by atoms with Gasteiger partial charge in [0.1, 0.15) is 17.3 Å². The molecule has 5 aromatic rings. The Morgan fingerprint density at radius 2 is 2.00 bits per heavy atom. The van der Waals surface area contributed by atoms with Crippen LogP contribution in [0.5, 0.6) is 0 Å². The molecule has 3 aromatic heterocycles. The first kappa shape index (κ1) is 23.8. The van der Waals surface area contributed by atoms with Gasteiger partial charge in [-0.25, -0.2) is 19.4 Å². The molecule has 3 N–H and O–H groups in total. The second-order valence-corrected chi connectivity index (χ2v) is 8.45. The normalized spacial score (nSPS) is 12.3. The van der Waals surface area contributed by atoms with Crippen LogP contribution in [0.4, 0.5) is 4.39 Å². The minimum Gasteiger partial charge on any atom is -0.337 e. The predicted octanol–water partition coefficient (Wildman–Crippen LogP) is 5.78. The Kier molecular flexibility index (Phi) is 6.42. The second kappa shape index (κ2) is 9.98. The van der Waals surface area contributed by atoms with E-state index in [1.54, 1.807) is 31.3 Å². The van der Waals surface area contributed by atoms with Gasteiger partial charge in [-0.3, -0.25) is 9.89 Å². The SMILES string of the molecule is C=N/C(=C\C=C(/C)c1cnc2n[nH]c(-c3nc4c(-c5ccc(F)cc5)cccc4[nH]3)c2c1)NC(=O)CC.